The summed E-state index contributed by atoms with van der Waals surface area (Å²) in [4.78, 5) is 10.8. The largest absolute Gasteiger partial charge is 0.475 e. The highest BCUT2D eigenvalue weighted by atomic mass is 19.4. The number of furan rings is 1. The van der Waals surface area contributed by atoms with Crippen molar-refractivity contribution < 1.29 is 31.9 Å². The minimum atomic E-state index is -4.80. The Hall–Kier alpha value is -2.51. The number of nitrogens with one attached hydrogen (secondary N) is 1. The molecular weight excluding hydrogens is 294 g/mol. The van der Waals surface area contributed by atoms with Crippen molar-refractivity contribution >= 4 is 11.7 Å². The van der Waals surface area contributed by atoms with Crippen LogP contribution in [0.1, 0.15) is 21.7 Å². The van der Waals surface area contributed by atoms with Crippen LogP contribution in [0.15, 0.2) is 34.9 Å². The van der Waals surface area contributed by atoms with E-state index in [1.165, 1.54) is 6.07 Å². The number of aromatic carboxylic acids is 1. The van der Waals surface area contributed by atoms with Gasteiger partial charge in [0.05, 0.1) is 11.8 Å². The van der Waals surface area contributed by atoms with E-state index in [0.717, 1.165) is 12.3 Å². The maximum Gasteiger partial charge on any atom is 0.419 e. The molecule has 0 aliphatic heterocycles. The lowest BCUT2D eigenvalue weighted by molar-refractivity contribution is -0.139. The molecule has 112 valence electrons. The summed E-state index contributed by atoms with van der Waals surface area (Å²) in [5.74, 6) is -2.96. The summed E-state index contributed by atoms with van der Waals surface area (Å²) < 4.78 is 55.5. The molecule has 0 unspecified atom stereocenters. The third kappa shape index (κ3) is 3.33. The minimum absolute atomic E-state index is 0.0151. The van der Waals surface area contributed by atoms with Gasteiger partial charge in [0.1, 0.15) is 5.82 Å². The number of hydrogen-bond donors (Lipinski definition) is 2. The highest BCUT2D eigenvalue weighted by molar-refractivity contribution is 5.86. The van der Waals surface area contributed by atoms with E-state index in [0.29, 0.717) is 12.1 Å². The first kappa shape index (κ1) is 14.9. The SMILES string of the molecule is O=C(O)c1occc1CNc1ccc(F)c(C(F)(F)F)c1. The van der Waals surface area contributed by atoms with Crippen molar-refractivity contribution in [2.45, 2.75) is 12.7 Å². The maximum atomic E-state index is 13.1. The lowest BCUT2D eigenvalue weighted by atomic mass is 10.1. The van der Waals surface area contributed by atoms with E-state index in [1.54, 1.807) is 0 Å². The number of carboxylic acid groups (broad SMARTS) is 1. The van der Waals surface area contributed by atoms with Crippen LogP contribution in [0, 0.1) is 5.82 Å². The molecule has 2 N–H and O–H groups in total. The Kier molecular flexibility index (Phi) is 3.88. The second-order valence-corrected chi connectivity index (χ2v) is 4.13. The predicted molar refractivity (Wildman–Crippen MR) is 64.4 cm³/mol. The Bertz CT molecular complexity index is 664. The van der Waals surface area contributed by atoms with Crippen LogP contribution >= 0.6 is 0 Å². The number of hydrogen-bond acceptors (Lipinski definition) is 3. The Morgan fingerprint density at radius 3 is 2.62 bits per heavy atom. The van der Waals surface area contributed by atoms with Crippen molar-refractivity contribution in [3.63, 3.8) is 0 Å². The number of rotatable bonds is 4. The molecule has 1 aromatic carbocycles. The van der Waals surface area contributed by atoms with Gasteiger partial charge in [-0.25, -0.2) is 9.18 Å². The number of carboxylic acids is 1. The van der Waals surface area contributed by atoms with Gasteiger partial charge in [0.25, 0.3) is 0 Å². The molecule has 1 heterocycles. The van der Waals surface area contributed by atoms with E-state index in [9.17, 15) is 22.4 Å². The Morgan fingerprint density at radius 2 is 2.00 bits per heavy atom. The summed E-state index contributed by atoms with van der Waals surface area (Å²) in [6.45, 7) is -0.0684. The van der Waals surface area contributed by atoms with E-state index in [4.69, 9.17) is 9.52 Å². The number of alkyl halides is 3. The fourth-order valence-corrected chi connectivity index (χ4v) is 1.71. The van der Waals surface area contributed by atoms with E-state index in [-0.39, 0.29) is 23.6 Å². The second kappa shape index (κ2) is 5.47. The normalized spacial score (nSPS) is 11.4. The first-order valence-electron chi connectivity index (χ1n) is 5.69. The van der Waals surface area contributed by atoms with Crippen molar-refractivity contribution in [2.75, 3.05) is 5.32 Å². The van der Waals surface area contributed by atoms with Crippen molar-refractivity contribution in [3.05, 3.63) is 53.2 Å². The predicted octanol–water partition coefficient (Wildman–Crippen LogP) is 3.75. The summed E-state index contributed by atoms with van der Waals surface area (Å²) in [5.41, 5.74) is -1.11. The smallest absolute Gasteiger partial charge is 0.419 e. The molecule has 0 spiro atoms. The van der Waals surface area contributed by atoms with Gasteiger partial charge in [0.2, 0.25) is 5.76 Å². The summed E-state index contributed by atoms with van der Waals surface area (Å²) >= 11 is 0. The lowest BCUT2D eigenvalue weighted by Crippen LogP contribution is -2.10. The van der Waals surface area contributed by atoms with Crippen molar-refractivity contribution in [1.29, 1.82) is 0 Å². The average Bonchev–Trinajstić information content (AvgIpc) is 2.85. The molecule has 1 aromatic heterocycles. The van der Waals surface area contributed by atoms with E-state index in [2.05, 4.69) is 5.32 Å². The molecule has 0 aliphatic carbocycles. The average molecular weight is 303 g/mol. The van der Waals surface area contributed by atoms with Crippen molar-refractivity contribution in [3.8, 4) is 0 Å². The third-order valence-corrected chi connectivity index (χ3v) is 2.70. The quantitative estimate of drug-likeness (QED) is 0.844. The summed E-state index contributed by atoms with van der Waals surface area (Å²) in [5, 5.41) is 11.4. The standard InChI is InChI=1S/C13H9F4NO3/c14-10-2-1-8(5-9(10)13(15,16)17)18-6-7-3-4-21-11(7)12(19)20/h1-5,18H,6H2,(H,19,20). The second-order valence-electron chi connectivity index (χ2n) is 4.13. The molecule has 21 heavy (non-hydrogen) atoms. The zero-order valence-electron chi connectivity index (χ0n) is 10.4. The molecule has 0 aliphatic rings. The molecule has 0 saturated heterocycles. The first-order valence-corrected chi connectivity index (χ1v) is 5.69. The van der Waals surface area contributed by atoms with E-state index in [1.807, 2.05) is 0 Å². The number of carbonyl (C=O) groups is 1. The number of benzene rings is 1. The highest BCUT2D eigenvalue weighted by Gasteiger charge is 2.34. The summed E-state index contributed by atoms with van der Waals surface area (Å²) in [6, 6.07) is 3.82. The highest BCUT2D eigenvalue weighted by Crippen LogP contribution is 2.33. The van der Waals surface area contributed by atoms with Crippen molar-refractivity contribution in [2.24, 2.45) is 0 Å². The van der Waals surface area contributed by atoms with Crippen LogP contribution in [0.2, 0.25) is 0 Å². The molecule has 2 aromatic rings. The molecular formula is C13H9F4NO3. The Labute approximate surface area is 116 Å². The first-order chi connectivity index (χ1) is 9.79. The molecule has 0 bridgehead atoms. The molecule has 0 atom stereocenters. The third-order valence-electron chi connectivity index (χ3n) is 2.70. The molecule has 4 nitrogen and oxygen atoms in total. The van der Waals surface area contributed by atoms with Gasteiger partial charge in [-0.15, -0.1) is 0 Å². The van der Waals surface area contributed by atoms with E-state index < -0.39 is 23.5 Å². The van der Waals surface area contributed by atoms with Gasteiger partial charge in [0, 0.05) is 17.8 Å². The van der Waals surface area contributed by atoms with Gasteiger partial charge in [0.15, 0.2) is 0 Å². The molecule has 8 heteroatoms. The minimum Gasteiger partial charge on any atom is -0.475 e. The van der Waals surface area contributed by atoms with Crippen LogP contribution in [-0.2, 0) is 12.7 Å². The zero-order valence-corrected chi connectivity index (χ0v) is 10.4. The van der Waals surface area contributed by atoms with Crippen LogP contribution in [-0.4, -0.2) is 11.1 Å². The Morgan fingerprint density at radius 1 is 1.29 bits per heavy atom. The van der Waals surface area contributed by atoms with Gasteiger partial charge in [-0.3, -0.25) is 0 Å². The summed E-state index contributed by atoms with van der Waals surface area (Å²) in [7, 11) is 0. The Balaban J connectivity index is 2.17. The van der Waals surface area contributed by atoms with Gasteiger partial charge < -0.3 is 14.8 Å². The van der Waals surface area contributed by atoms with Crippen LogP contribution < -0.4 is 5.32 Å². The summed E-state index contributed by atoms with van der Waals surface area (Å²) in [6.07, 6.45) is -3.64. The molecule has 0 radical (unpaired) electrons. The van der Waals surface area contributed by atoms with Crippen LogP contribution in [0.4, 0.5) is 23.2 Å². The molecule has 0 fully saturated rings. The molecule has 0 amide bonds. The topological polar surface area (TPSA) is 62.5 Å². The van der Waals surface area contributed by atoms with Crippen LogP contribution in [0.3, 0.4) is 0 Å². The molecule has 2 rings (SSSR count). The van der Waals surface area contributed by atoms with Gasteiger partial charge in [-0.1, -0.05) is 0 Å². The lowest BCUT2D eigenvalue weighted by Gasteiger charge is -2.11. The fourth-order valence-electron chi connectivity index (χ4n) is 1.71. The molecule has 0 saturated carbocycles. The van der Waals surface area contributed by atoms with Gasteiger partial charge in [-0.2, -0.15) is 13.2 Å². The van der Waals surface area contributed by atoms with Crippen LogP contribution in [0.5, 0.6) is 0 Å². The zero-order chi connectivity index (χ0) is 15.6. The van der Waals surface area contributed by atoms with Gasteiger partial charge >= 0.3 is 12.1 Å². The van der Waals surface area contributed by atoms with E-state index >= 15 is 0 Å². The van der Waals surface area contributed by atoms with Gasteiger partial charge in [-0.05, 0) is 24.3 Å². The number of anilines is 1. The fraction of sp³-hybridized carbons (Fsp3) is 0.154. The number of halogens is 4. The maximum absolute atomic E-state index is 13.1. The monoisotopic (exact) mass is 303 g/mol. The van der Waals surface area contributed by atoms with Crippen molar-refractivity contribution in [1.82, 2.24) is 0 Å². The van der Waals surface area contributed by atoms with Crippen LogP contribution in [0.25, 0.3) is 0 Å².